The molecular formula is C31H47NO4. The van der Waals surface area contributed by atoms with Crippen LogP contribution >= 0.6 is 0 Å². The smallest absolute Gasteiger partial charge is 0.231 e. The minimum atomic E-state index is 0.300. The van der Waals surface area contributed by atoms with E-state index in [1.807, 2.05) is 13.8 Å². The summed E-state index contributed by atoms with van der Waals surface area (Å²) in [6.45, 7) is 15.3. The lowest BCUT2D eigenvalue weighted by Gasteiger charge is -2.37. The van der Waals surface area contributed by atoms with E-state index in [2.05, 4.69) is 67.7 Å². The number of ether oxygens (including phenoxy) is 4. The number of likely N-dealkylation sites (N-methyl/N-ethyl adjacent to an activating group) is 1. The Balaban J connectivity index is 0.000000447. The molecule has 0 saturated heterocycles. The molecule has 5 nitrogen and oxygen atoms in total. The highest BCUT2D eigenvalue weighted by Crippen LogP contribution is 2.44. The summed E-state index contributed by atoms with van der Waals surface area (Å²) in [5, 5.41) is 5.08. The minimum Gasteiger partial charge on any atom is -0.497 e. The molecular weight excluding hydrogens is 450 g/mol. The molecule has 2 aliphatic heterocycles. The van der Waals surface area contributed by atoms with Gasteiger partial charge >= 0.3 is 0 Å². The van der Waals surface area contributed by atoms with E-state index in [0.29, 0.717) is 12.8 Å². The Morgan fingerprint density at radius 1 is 0.806 bits per heavy atom. The Labute approximate surface area is 218 Å². The predicted octanol–water partition coefficient (Wildman–Crippen LogP) is 7.98. The van der Waals surface area contributed by atoms with E-state index in [1.54, 1.807) is 21.3 Å². The zero-order chi connectivity index (χ0) is 26.7. The van der Waals surface area contributed by atoms with Gasteiger partial charge in [-0.3, -0.25) is 4.90 Å². The first-order valence-corrected chi connectivity index (χ1v) is 13.5. The van der Waals surface area contributed by atoms with Gasteiger partial charge in [-0.2, -0.15) is 0 Å². The van der Waals surface area contributed by atoms with Crippen molar-refractivity contribution in [2.24, 2.45) is 0 Å². The molecule has 3 aromatic rings. The van der Waals surface area contributed by atoms with Gasteiger partial charge in [-0.1, -0.05) is 60.5 Å². The van der Waals surface area contributed by atoms with Crippen LogP contribution in [0.25, 0.3) is 21.5 Å². The Bertz CT molecular complexity index is 1090. The lowest BCUT2D eigenvalue weighted by molar-refractivity contribution is 0.174. The molecule has 0 bridgehead atoms. The van der Waals surface area contributed by atoms with E-state index >= 15 is 0 Å². The van der Waals surface area contributed by atoms with Crippen LogP contribution in [0.1, 0.15) is 71.9 Å². The number of methoxy groups -OCH3 is 2. The molecule has 0 radical (unpaired) electrons. The van der Waals surface area contributed by atoms with Gasteiger partial charge in [0.1, 0.15) is 5.75 Å². The topological polar surface area (TPSA) is 40.2 Å². The first-order valence-electron chi connectivity index (χ1n) is 13.5. The Morgan fingerprint density at radius 3 is 1.92 bits per heavy atom. The van der Waals surface area contributed by atoms with Crippen LogP contribution < -0.4 is 14.2 Å². The van der Waals surface area contributed by atoms with Gasteiger partial charge in [0, 0.05) is 26.8 Å². The standard InChI is InChI=1S/C23H25NO3.C4H10.C2H6O.C2H6/c1-4-14-8-17-16-7-6-15(25-3)9-18(16)19-10-22-23(27-13-26-22)11-20(19)21(17)12-24(14)5-2;1-3-4-2;1-3-2;1-2/h6-7,9-11,14H,4-5,8,12-13H2,1-3H3;3-4H2,1-2H3;1-2H3;1-2H3. The van der Waals surface area contributed by atoms with Crippen LogP contribution in [0, 0.1) is 0 Å². The van der Waals surface area contributed by atoms with Gasteiger partial charge in [0.05, 0.1) is 7.11 Å². The maximum atomic E-state index is 5.69. The quantitative estimate of drug-likeness (QED) is 0.342. The van der Waals surface area contributed by atoms with Crippen molar-refractivity contribution in [1.29, 1.82) is 0 Å². The zero-order valence-electron chi connectivity index (χ0n) is 24.0. The van der Waals surface area contributed by atoms with Gasteiger partial charge in [-0.05, 0) is 76.3 Å². The van der Waals surface area contributed by atoms with Gasteiger partial charge in [-0.25, -0.2) is 0 Å². The first kappa shape index (κ1) is 29.7. The SMILES string of the molecule is CC.CCC1Cc2c(c3cc4c(cc3c3cc(OC)ccc23)OCO4)CN1CC.CCCC.COC. The van der Waals surface area contributed by atoms with E-state index in [1.165, 1.54) is 51.9 Å². The summed E-state index contributed by atoms with van der Waals surface area (Å²) < 4.78 is 21.1. The number of unbranched alkanes of at least 4 members (excludes halogenated alkanes) is 1. The second-order valence-electron chi connectivity index (χ2n) is 8.86. The van der Waals surface area contributed by atoms with Crippen LogP contribution in [0.4, 0.5) is 0 Å². The van der Waals surface area contributed by atoms with Crippen molar-refractivity contribution in [3.05, 3.63) is 41.5 Å². The number of hydrogen-bond acceptors (Lipinski definition) is 5. The summed E-state index contributed by atoms with van der Waals surface area (Å²) in [7, 11) is 4.97. The molecule has 2 aliphatic rings. The third kappa shape index (κ3) is 6.43. The molecule has 0 aromatic heterocycles. The largest absolute Gasteiger partial charge is 0.497 e. The third-order valence-electron chi connectivity index (χ3n) is 6.74. The van der Waals surface area contributed by atoms with E-state index in [-0.39, 0.29) is 0 Å². The van der Waals surface area contributed by atoms with E-state index in [0.717, 1.165) is 36.8 Å². The fourth-order valence-electron chi connectivity index (χ4n) is 4.76. The molecule has 0 saturated carbocycles. The number of benzene rings is 3. The summed E-state index contributed by atoms with van der Waals surface area (Å²) >= 11 is 0. The minimum absolute atomic E-state index is 0.300. The second kappa shape index (κ2) is 14.9. The predicted molar refractivity (Wildman–Crippen MR) is 153 cm³/mol. The highest BCUT2D eigenvalue weighted by Gasteiger charge is 2.28. The Kier molecular flexibility index (Phi) is 12.3. The lowest BCUT2D eigenvalue weighted by Crippen LogP contribution is -2.39. The van der Waals surface area contributed by atoms with Gasteiger partial charge in [-0.15, -0.1) is 0 Å². The van der Waals surface area contributed by atoms with Gasteiger partial charge in [0.25, 0.3) is 0 Å². The maximum absolute atomic E-state index is 5.69. The van der Waals surface area contributed by atoms with Crippen LogP contribution in [0.5, 0.6) is 17.2 Å². The second-order valence-corrected chi connectivity index (χ2v) is 8.86. The van der Waals surface area contributed by atoms with Gasteiger partial charge < -0.3 is 18.9 Å². The van der Waals surface area contributed by atoms with Crippen molar-refractivity contribution >= 4 is 21.5 Å². The molecule has 0 fully saturated rings. The average Bonchev–Trinajstić information content (AvgIpc) is 3.40. The summed E-state index contributed by atoms with van der Waals surface area (Å²) in [4.78, 5) is 2.60. The normalized spacial score (nSPS) is 15.6. The molecule has 3 aromatic carbocycles. The number of rotatable bonds is 4. The summed E-state index contributed by atoms with van der Waals surface area (Å²) in [6.07, 6.45) is 4.90. The molecule has 0 aliphatic carbocycles. The summed E-state index contributed by atoms with van der Waals surface area (Å²) in [5.74, 6) is 2.58. The van der Waals surface area contributed by atoms with Crippen LogP contribution in [-0.2, 0) is 17.7 Å². The monoisotopic (exact) mass is 497 g/mol. The van der Waals surface area contributed by atoms with E-state index < -0.39 is 0 Å². The third-order valence-corrected chi connectivity index (χ3v) is 6.74. The lowest BCUT2D eigenvalue weighted by atomic mass is 9.84. The van der Waals surface area contributed by atoms with Crippen molar-refractivity contribution in [1.82, 2.24) is 4.90 Å². The molecule has 2 heterocycles. The summed E-state index contributed by atoms with van der Waals surface area (Å²) in [6, 6.07) is 11.4. The molecule has 0 N–H and O–H groups in total. The van der Waals surface area contributed by atoms with Crippen molar-refractivity contribution in [2.75, 3.05) is 34.7 Å². The molecule has 1 unspecified atom stereocenters. The van der Waals surface area contributed by atoms with Crippen molar-refractivity contribution in [3.8, 4) is 17.2 Å². The van der Waals surface area contributed by atoms with E-state index in [9.17, 15) is 0 Å². The molecule has 0 spiro atoms. The molecule has 0 amide bonds. The molecule has 36 heavy (non-hydrogen) atoms. The van der Waals surface area contributed by atoms with Gasteiger partial charge in [0.2, 0.25) is 6.79 Å². The van der Waals surface area contributed by atoms with E-state index in [4.69, 9.17) is 14.2 Å². The fourth-order valence-corrected chi connectivity index (χ4v) is 4.76. The first-order chi connectivity index (χ1) is 17.6. The molecule has 200 valence electrons. The molecule has 5 rings (SSSR count). The number of nitrogens with zero attached hydrogens (tertiary/aromatic N) is 1. The highest BCUT2D eigenvalue weighted by atomic mass is 16.7. The van der Waals surface area contributed by atoms with Gasteiger partial charge in [0.15, 0.2) is 11.5 Å². The van der Waals surface area contributed by atoms with Crippen molar-refractivity contribution in [3.63, 3.8) is 0 Å². The fraction of sp³-hybridized carbons (Fsp3) is 0.548. The van der Waals surface area contributed by atoms with Crippen molar-refractivity contribution in [2.45, 2.75) is 79.8 Å². The number of hydrogen-bond donors (Lipinski definition) is 0. The average molecular weight is 498 g/mol. The Morgan fingerprint density at radius 2 is 1.39 bits per heavy atom. The maximum Gasteiger partial charge on any atom is 0.231 e. The molecule has 5 heteroatoms. The Hall–Kier alpha value is -2.50. The number of fused-ring (bicyclic) bond motifs is 7. The molecule has 1 atom stereocenters. The van der Waals surface area contributed by atoms with Crippen LogP contribution in [0.3, 0.4) is 0 Å². The zero-order valence-corrected chi connectivity index (χ0v) is 24.0. The van der Waals surface area contributed by atoms with Crippen LogP contribution in [-0.4, -0.2) is 45.6 Å². The van der Waals surface area contributed by atoms with Crippen LogP contribution in [0.15, 0.2) is 30.3 Å². The summed E-state index contributed by atoms with van der Waals surface area (Å²) in [5.41, 5.74) is 2.92. The van der Waals surface area contributed by atoms with Crippen LogP contribution in [0.2, 0.25) is 0 Å². The highest BCUT2D eigenvalue weighted by molar-refractivity contribution is 6.12. The van der Waals surface area contributed by atoms with Crippen molar-refractivity contribution < 1.29 is 18.9 Å².